The van der Waals surface area contributed by atoms with E-state index >= 15 is 0 Å². The SMILES string of the molecule is CC(C)[n+]1[c-]n(-c2cccc(-n3[c-][n+](C(C)C)cc3)n2)cc1. The molecule has 0 aliphatic rings. The predicted molar refractivity (Wildman–Crippen MR) is 81.7 cm³/mol. The number of aromatic nitrogens is 5. The largest absolute Gasteiger partial charge is 0.318 e. The lowest BCUT2D eigenvalue weighted by atomic mass is 10.4. The molecule has 5 heteroatoms. The summed E-state index contributed by atoms with van der Waals surface area (Å²) in [6.45, 7) is 8.52. The molecule has 22 heavy (non-hydrogen) atoms. The van der Waals surface area contributed by atoms with Crippen molar-refractivity contribution in [2.45, 2.75) is 39.8 Å². The molecule has 0 fully saturated rings. The number of pyridine rings is 1. The van der Waals surface area contributed by atoms with Gasteiger partial charge in [-0.2, -0.15) is 0 Å². The fourth-order valence-corrected chi connectivity index (χ4v) is 2.17. The van der Waals surface area contributed by atoms with Gasteiger partial charge in [-0.1, -0.05) is 6.07 Å². The summed E-state index contributed by atoms with van der Waals surface area (Å²) in [6.07, 6.45) is 14.5. The fraction of sp³-hybridized carbons (Fsp3) is 0.353. The topological polar surface area (TPSA) is 30.5 Å². The Bertz CT molecular complexity index is 705. The van der Waals surface area contributed by atoms with Crippen molar-refractivity contribution in [1.82, 2.24) is 14.1 Å². The van der Waals surface area contributed by atoms with Crippen LogP contribution in [0.1, 0.15) is 39.8 Å². The van der Waals surface area contributed by atoms with Gasteiger partial charge in [-0.25, -0.2) is 0 Å². The van der Waals surface area contributed by atoms with Crippen molar-refractivity contribution < 1.29 is 9.13 Å². The van der Waals surface area contributed by atoms with Gasteiger partial charge < -0.3 is 18.3 Å². The Kier molecular flexibility index (Phi) is 3.79. The first-order valence-corrected chi connectivity index (χ1v) is 7.56. The van der Waals surface area contributed by atoms with Crippen LogP contribution >= 0.6 is 0 Å². The molecule has 0 bridgehead atoms. The number of nitrogens with zero attached hydrogens (tertiary/aromatic N) is 5. The number of hydrogen-bond donors (Lipinski definition) is 0. The molecule has 3 rings (SSSR count). The van der Waals surface area contributed by atoms with Crippen molar-refractivity contribution in [2.75, 3.05) is 0 Å². The van der Waals surface area contributed by atoms with Crippen LogP contribution in [-0.2, 0) is 0 Å². The number of imidazole rings is 2. The zero-order chi connectivity index (χ0) is 15.7. The molecule has 0 aliphatic heterocycles. The van der Waals surface area contributed by atoms with E-state index in [2.05, 4.69) is 40.3 Å². The van der Waals surface area contributed by atoms with Crippen LogP contribution in [-0.4, -0.2) is 14.1 Å². The molecule has 3 heterocycles. The standard InChI is InChI=1S/C17H21N5/c1-14(2)19-8-10-21(12-19)16-6-5-7-17(18-16)22-11-9-20(13-22)15(3)4/h5-11,14-15H,1-4H3. The molecule has 0 N–H and O–H groups in total. The van der Waals surface area contributed by atoms with Gasteiger partial charge in [0.2, 0.25) is 12.7 Å². The molecule has 3 aromatic heterocycles. The molecule has 0 radical (unpaired) electrons. The average molecular weight is 295 g/mol. The van der Waals surface area contributed by atoms with Crippen molar-refractivity contribution in [3.63, 3.8) is 0 Å². The second-order valence-electron chi connectivity index (χ2n) is 5.89. The minimum atomic E-state index is 0.382. The summed E-state index contributed by atoms with van der Waals surface area (Å²) in [5.74, 6) is 1.69. The first kappa shape index (κ1) is 14.5. The van der Waals surface area contributed by atoms with E-state index in [0.717, 1.165) is 11.6 Å². The maximum atomic E-state index is 4.70. The maximum Gasteiger partial charge on any atom is 0.244 e. The smallest absolute Gasteiger partial charge is 0.244 e. The lowest BCUT2D eigenvalue weighted by Crippen LogP contribution is -2.34. The lowest BCUT2D eigenvalue weighted by Gasteiger charge is -2.07. The zero-order valence-electron chi connectivity index (χ0n) is 13.4. The highest BCUT2D eigenvalue weighted by atomic mass is 15.2. The van der Waals surface area contributed by atoms with Gasteiger partial charge in [0.05, 0.1) is 12.1 Å². The fourth-order valence-electron chi connectivity index (χ4n) is 2.17. The lowest BCUT2D eigenvalue weighted by molar-refractivity contribution is -0.719. The molecule has 0 aliphatic carbocycles. The van der Waals surface area contributed by atoms with Crippen molar-refractivity contribution in [1.29, 1.82) is 0 Å². The third-order valence-electron chi connectivity index (χ3n) is 3.53. The highest BCUT2D eigenvalue weighted by Crippen LogP contribution is 2.09. The van der Waals surface area contributed by atoms with Crippen LogP contribution in [0, 0.1) is 12.7 Å². The van der Waals surface area contributed by atoms with Crippen LogP contribution in [0.25, 0.3) is 11.6 Å². The molecule has 5 nitrogen and oxygen atoms in total. The van der Waals surface area contributed by atoms with E-state index in [-0.39, 0.29) is 0 Å². The molecule has 0 atom stereocenters. The highest BCUT2D eigenvalue weighted by Gasteiger charge is 2.06. The van der Waals surface area contributed by atoms with E-state index in [1.807, 2.05) is 61.3 Å². The highest BCUT2D eigenvalue weighted by molar-refractivity contribution is 5.31. The normalized spacial score (nSPS) is 11.5. The molecule has 0 saturated heterocycles. The van der Waals surface area contributed by atoms with Crippen molar-refractivity contribution in [3.8, 4) is 11.6 Å². The Morgan fingerprint density at radius 1 is 0.864 bits per heavy atom. The maximum absolute atomic E-state index is 4.70. The molecular weight excluding hydrogens is 274 g/mol. The number of rotatable bonds is 4. The van der Waals surface area contributed by atoms with E-state index in [9.17, 15) is 0 Å². The molecule has 3 aromatic rings. The van der Waals surface area contributed by atoms with E-state index in [0.29, 0.717) is 12.1 Å². The minimum absolute atomic E-state index is 0.382. The van der Waals surface area contributed by atoms with Gasteiger partial charge in [-0.3, -0.25) is 4.98 Å². The molecule has 114 valence electrons. The van der Waals surface area contributed by atoms with Crippen LogP contribution in [0.15, 0.2) is 43.0 Å². The van der Waals surface area contributed by atoms with Crippen LogP contribution in [0.5, 0.6) is 0 Å². The van der Waals surface area contributed by atoms with Gasteiger partial charge in [-0.15, -0.1) is 0 Å². The third-order valence-corrected chi connectivity index (χ3v) is 3.53. The van der Waals surface area contributed by atoms with Gasteiger partial charge in [0.15, 0.2) is 0 Å². The summed E-state index contributed by atoms with van der Waals surface area (Å²) < 4.78 is 7.87. The van der Waals surface area contributed by atoms with Gasteiger partial charge in [0.25, 0.3) is 0 Å². The molecule has 0 amide bonds. The summed E-state index contributed by atoms with van der Waals surface area (Å²) >= 11 is 0. The Morgan fingerprint density at radius 2 is 1.32 bits per heavy atom. The zero-order valence-corrected chi connectivity index (χ0v) is 13.4. The second kappa shape index (κ2) is 5.75. The molecule has 0 saturated carbocycles. The van der Waals surface area contributed by atoms with E-state index in [1.165, 1.54) is 0 Å². The van der Waals surface area contributed by atoms with E-state index in [1.54, 1.807) is 0 Å². The Labute approximate surface area is 131 Å². The first-order chi connectivity index (χ1) is 10.5. The summed E-state index contributed by atoms with van der Waals surface area (Å²) in [7, 11) is 0. The van der Waals surface area contributed by atoms with Gasteiger partial charge in [-0.05, 0) is 39.8 Å². The molecular formula is C17H21N5. The summed E-state index contributed by atoms with van der Waals surface area (Å²) in [5, 5.41) is 0. The monoisotopic (exact) mass is 295 g/mol. The average Bonchev–Trinajstić information content (AvgIpc) is 3.17. The third kappa shape index (κ3) is 2.79. The van der Waals surface area contributed by atoms with E-state index in [4.69, 9.17) is 4.98 Å². The second-order valence-corrected chi connectivity index (χ2v) is 5.89. The predicted octanol–water partition coefficient (Wildman–Crippen LogP) is 2.00. The van der Waals surface area contributed by atoms with Crippen molar-refractivity contribution in [2.24, 2.45) is 0 Å². The van der Waals surface area contributed by atoms with Crippen LogP contribution in [0.2, 0.25) is 0 Å². The van der Waals surface area contributed by atoms with Gasteiger partial charge in [0.1, 0.15) is 11.6 Å². The van der Waals surface area contributed by atoms with E-state index < -0.39 is 0 Å². The summed E-state index contributed by atoms with van der Waals surface area (Å²) in [4.78, 5) is 4.70. The Hall–Kier alpha value is -2.43. The van der Waals surface area contributed by atoms with Crippen LogP contribution in [0.4, 0.5) is 0 Å². The van der Waals surface area contributed by atoms with Crippen LogP contribution in [0.3, 0.4) is 0 Å². The summed E-state index contributed by atoms with van der Waals surface area (Å²) in [5.41, 5.74) is 0. The van der Waals surface area contributed by atoms with Crippen molar-refractivity contribution in [3.05, 3.63) is 55.6 Å². The van der Waals surface area contributed by atoms with Gasteiger partial charge in [0, 0.05) is 24.8 Å². The van der Waals surface area contributed by atoms with Crippen LogP contribution < -0.4 is 9.13 Å². The van der Waals surface area contributed by atoms with Gasteiger partial charge >= 0.3 is 0 Å². The first-order valence-electron chi connectivity index (χ1n) is 7.56. The Balaban J connectivity index is 1.94. The minimum Gasteiger partial charge on any atom is -0.318 e. The molecule has 0 unspecified atom stereocenters. The summed E-state index contributed by atoms with van der Waals surface area (Å²) in [6, 6.07) is 6.72. The molecule has 0 spiro atoms. The molecule has 0 aromatic carbocycles. The number of hydrogen-bond acceptors (Lipinski definition) is 1. The van der Waals surface area contributed by atoms with Crippen molar-refractivity contribution >= 4 is 0 Å². The quantitative estimate of drug-likeness (QED) is 0.535. The Morgan fingerprint density at radius 3 is 1.68 bits per heavy atom.